The largest absolute Gasteiger partial charge is 0.271 e. The first kappa shape index (κ1) is 11.5. The normalized spacial score (nSPS) is 12.8. The lowest BCUT2D eigenvalue weighted by Crippen LogP contribution is -2.28. The third-order valence-corrected chi connectivity index (χ3v) is 2.79. The Morgan fingerprint density at radius 3 is 2.86 bits per heavy atom. The van der Waals surface area contributed by atoms with Crippen LogP contribution >= 0.6 is 11.8 Å². The van der Waals surface area contributed by atoms with Gasteiger partial charge in [-0.25, -0.2) is 0 Å². The number of hydrazine groups is 1. The second-order valence-electron chi connectivity index (χ2n) is 3.23. The molecule has 0 aliphatic heterocycles. The van der Waals surface area contributed by atoms with E-state index in [-0.39, 0.29) is 6.04 Å². The predicted octanol–water partition coefficient (Wildman–Crippen LogP) is 1.65. The van der Waals surface area contributed by atoms with Crippen molar-refractivity contribution in [1.29, 1.82) is 0 Å². The Kier molecular flexibility index (Phi) is 4.93. The molecule has 14 heavy (non-hydrogen) atoms. The number of nitrogens with zero attached hydrogens (tertiary/aromatic N) is 1. The van der Waals surface area contributed by atoms with E-state index >= 15 is 0 Å². The van der Waals surface area contributed by atoms with Crippen LogP contribution in [-0.4, -0.2) is 17.0 Å². The van der Waals surface area contributed by atoms with Crippen molar-refractivity contribution in [2.75, 3.05) is 12.0 Å². The fraction of sp³-hybridized carbons (Fsp3) is 0.500. The van der Waals surface area contributed by atoms with Crippen LogP contribution in [0.5, 0.6) is 0 Å². The van der Waals surface area contributed by atoms with Gasteiger partial charge in [0.05, 0.1) is 0 Å². The van der Waals surface area contributed by atoms with E-state index in [0.29, 0.717) is 0 Å². The van der Waals surface area contributed by atoms with E-state index in [0.717, 1.165) is 23.4 Å². The molecule has 78 valence electrons. The molecule has 0 aromatic carbocycles. The summed E-state index contributed by atoms with van der Waals surface area (Å²) in [5.74, 6) is 6.60. The minimum atomic E-state index is 0.218. The lowest BCUT2D eigenvalue weighted by Gasteiger charge is -2.15. The van der Waals surface area contributed by atoms with Gasteiger partial charge in [0.2, 0.25) is 0 Å². The first-order valence-corrected chi connectivity index (χ1v) is 6.05. The van der Waals surface area contributed by atoms with Crippen LogP contribution in [0.4, 0.5) is 0 Å². The highest BCUT2D eigenvalue weighted by Gasteiger charge is 2.08. The number of hydrogen-bond acceptors (Lipinski definition) is 4. The highest BCUT2D eigenvalue weighted by molar-refractivity contribution is 7.98. The lowest BCUT2D eigenvalue weighted by molar-refractivity contribution is 0.541. The van der Waals surface area contributed by atoms with Crippen LogP contribution in [0.1, 0.15) is 23.7 Å². The molecule has 0 amide bonds. The van der Waals surface area contributed by atoms with Crippen LogP contribution in [0.2, 0.25) is 0 Å². The molecule has 0 saturated heterocycles. The number of aromatic nitrogens is 1. The Hall–Kier alpha value is -0.580. The maximum atomic E-state index is 5.50. The van der Waals surface area contributed by atoms with Gasteiger partial charge in [0.1, 0.15) is 0 Å². The highest BCUT2D eigenvalue weighted by atomic mass is 32.2. The topological polar surface area (TPSA) is 50.9 Å². The maximum absolute atomic E-state index is 5.50. The van der Waals surface area contributed by atoms with Crippen molar-refractivity contribution in [3.63, 3.8) is 0 Å². The van der Waals surface area contributed by atoms with E-state index in [4.69, 9.17) is 5.84 Å². The van der Waals surface area contributed by atoms with Crippen molar-refractivity contribution < 1.29 is 0 Å². The van der Waals surface area contributed by atoms with E-state index in [1.807, 2.05) is 30.9 Å². The van der Waals surface area contributed by atoms with Gasteiger partial charge in [0.15, 0.2) is 0 Å². The maximum Gasteiger partial charge on any atom is 0.0483 e. The van der Waals surface area contributed by atoms with Crippen LogP contribution in [0, 0.1) is 6.92 Å². The number of pyridine rings is 1. The third-order valence-electron chi connectivity index (χ3n) is 2.15. The molecule has 3 nitrogen and oxygen atoms in total. The third kappa shape index (κ3) is 3.29. The zero-order valence-corrected chi connectivity index (χ0v) is 9.47. The molecule has 1 aromatic heterocycles. The van der Waals surface area contributed by atoms with Crippen LogP contribution in [0.25, 0.3) is 0 Å². The minimum absolute atomic E-state index is 0.218. The van der Waals surface area contributed by atoms with Gasteiger partial charge in [-0.2, -0.15) is 11.8 Å². The quantitative estimate of drug-likeness (QED) is 0.574. The molecule has 0 saturated carbocycles. The molecule has 1 rings (SSSR count). The zero-order chi connectivity index (χ0) is 10.4. The van der Waals surface area contributed by atoms with E-state index in [9.17, 15) is 0 Å². The summed E-state index contributed by atoms with van der Waals surface area (Å²) in [7, 11) is 0. The molecule has 0 bridgehead atoms. The molecule has 1 atom stereocenters. The van der Waals surface area contributed by atoms with Crippen LogP contribution < -0.4 is 11.3 Å². The molecule has 1 aromatic rings. The number of rotatable bonds is 5. The van der Waals surface area contributed by atoms with E-state index in [1.165, 1.54) is 0 Å². The molecular formula is C10H17N3S. The minimum Gasteiger partial charge on any atom is -0.271 e. The van der Waals surface area contributed by atoms with Gasteiger partial charge in [0.25, 0.3) is 0 Å². The van der Waals surface area contributed by atoms with E-state index in [2.05, 4.69) is 22.7 Å². The molecule has 0 radical (unpaired) electrons. The van der Waals surface area contributed by atoms with Gasteiger partial charge in [0, 0.05) is 17.9 Å². The van der Waals surface area contributed by atoms with Crippen molar-refractivity contribution >= 4 is 11.8 Å². The number of aryl methyl sites for hydroxylation is 1. The van der Waals surface area contributed by atoms with Gasteiger partial charge in [-0.05, 0) is 37.0 Å². The van der Waals surface area contributed by atoms with Gasteiger partial charge in [-0.15, -0.1) is 0 Å². The predicted molar refractivity (Wildman–Crippen MR) is 62.0 cm³/mol. The zero-order valence-electron chi connectivity index (χ0n) is 8.66. The summed E-state index contributed by atoms with van der Waals surface area (Å²) in [5, 5.41) is 0. The van der Waals surface area contributed by atoms with Gasteiger partial charge in [-0.3, -0.25) is 16.3 Å². The van der Waals surface area contributed by atoms with Crippen molar-refractivity contribution in [3.05, 3.63) is 29.6 Å². The monoisotopic (exact) mass is 211 g/mol. The van der Waals surface area contributed by atoms with Gasteiger partial charge in [-0.1, -0.05) is 6.07 Å². The average Bonchev–Trinajstić information content (AvgIpc) is 2.21. The molecule has 0 aliphatic rings. The number of nitrogens with one attached hydrogen (secondary N) is 1. The molecule has 0 fully saturated rings. The van der Waals surface area contributed by atoms with Crippen LogP contribution in [-0.2, 0) is 0 Å². The molecule has 4 heteroatoms. The van der Waals surface area contributed by atoms with E-state index < -0.39 is 0 Å². The van der Waals surface area contributed by atoms with Crippen molar-refractivity contribution in [2.24, 2.45) is 5.84 Å². The summed E-state index contributed by atoms with van der Waals surface area (Å²) in [4.78, 5) is 4.25. The Morgan fingerprint density at radius 1 is 1.57 bits per heavy atom. The standard InChI is InChI=1S/C10H17N3S/c1-8-3-4-9(7-12-8)10(13-11)5-6-14-2/h3-4,7,10,13H,5-6,11H2,1-2H3. The Bertz CT molecular complexity index is 261. The fourth-order valence-electron chi connectivity index (χ4n) is 1.27. The van der Waals surface area contributed by atoms with Crippen molar-refractivity contribution in [3.8, 4) is 0 Å². The first-order chi connectivity index (χ1) is 6.77. The smallest absolute Gasteiger partial charge is 0.0483 e. The van der Waals surface area contributed by atoms with Crippen molar-refractivity contribution in [1.82, 2.24) is 10.4 Å². The molecule has 1 unspecified atom stereocenters. The van der Waals surface area contributed by atoms with Crippen LogP contribution in [0.15, 0.2) is 18.3 Å². The average molecular weight is 211 g/mol. The summed E-state index contributed by atoms with van der Waals surface area (Å²) >= 11 is 1.83. The molecular weight excluding hydrogens is 194 g/mol. The molecule has 0 aliphatic carbocycles. The number of thioether (sulfide) groups is 1. The Labute approximate surface area is 89.5 Å². The summed E-state index contributed by atoms with van der Waals surface area (Å²) in [5.41, 5.74) is 5.02. The summed E-state index contributed by atoms with van der Waals surface area (Å²) in [6.07, 6.45) is 5.02. The lowest BCUT2D eigenvalue weighted by atomic mass is 10.1. The summed E-state index contributed by atoms with van der Waals surface area (Å²) in [6.45, 7) is 1.98. The molecule has 0 spiro atoms. The fourth-order valence-corrected chi connectivity index (χ4v) is 1.74. The summed E-state index contributed by atoms with van der Waals surface area (Å²) < 4.78 is 0. The summed E-state index contributed by atoms with van der Waals surface area (Å²) in [6, 6.07) is 4.31. The highest BCUT2D eigenvalue weighted by Crippen LogP contribution is 2.16. The number of hydrogen-bond donors (Lipinski definition) is 2. The van der Waals surface area contributed by atoms with Gasteiger partial charge < -0.3 is 0 Å². The van der Waals surface area contributed by atoms with Crippen LogP contribution in [0.3, 0.4) is 0 Å². The Balaban J connectivity index is 2.64. The second-order valence-corrected chi connectivity index (χ2v) is 4.22. The van der Waals surface area contributed by atoms with Gasteiger partial charge >= 0.3 is 0 Å². The number of nitrogens with two attached hydrogens (primary N) is 1. The van der Waals surface area contributed by atoms with E-state index in [1.54, 1.807) is 0 Å². The molecule has 1 heterocycles. The second kappa shape index (κ2) is 6.01. The van der Waals surface area contributed by atoms with Crippen molar-refractivity contribution in [2.45, 2.75) is 19.4 Å². The molecule has 3 N–H and O–H groups in total. The SMILES string of the molecule is CSCCC(NN)c1ccc(C)nc1. The first-order valence-electron chi connectivity index (χ1n) is 4.65. The Morgan fingerprint density at radius 2 is 2.36 bits per heavy atom.